The van der Waals surface area contributed by atoms with Crippen molar-refractivity contribution in [3.8, 4) is 0 Å². The van der Waals surface area contributed by atoms with Gasteiger partial charge >= 0.3 is 59.1 Å². The molecular formula is C4H12Na2O8S. The van der Waals surface area contributed by atoms with Crippen LogP contribution in [0.4, 0.5) is 0 Å². The predicted molar refractivity (Wildman–Crippen MR) is 38.8 cm³/mol. The molecule has 0 rings (SSSR count). The molecule has 0 spiro atoms. The molecule has 0 aromatic carbocycles. The molecule has 84 valence electrons. The molecule has 15 heavy (non-hydrogen) atoms. The molecule has 0 saturated carbocycles. The zero-order chi connectivity index (χ0) is 11.3. The Bertz CT molecular complexity index is 144. The Balaban J connectivity index is -0.0000000315. The van der Waals surface area contributed by atoms with Gasteiger partial charge in [0.05, 0.1) is 26.4 Å². The van der Waals surface area contributed by atoms with Crippen LogP contribution in [-0.4, -0.2) is 64.4 Å². The Morgan fingerprint density at radius 2 is 0.800 bits per heavy atom. The van der Waals surface area contributed by atoms with Gasteiger partial charge in [-0.25, -0.2) is 0 Å². The van der Waals surface area contributed by atoms with E-state index in [1.54, 1.807) is 0 Å². The molecule has 0 heterocycles. The van der Waals surface area contributed by atoms with Crippen LogP contribution in [0.15, 0.2) is 0 Å². The number of aliphatic hydroxyl groups excluding tert-OH is 4. The summed E-state index contributed by atoms with van der Waals surface area (Å²) in [6.45, 7) is -0.500. The fourth-order valence-electron chi connectivity index (χ4n) is 0. The van der Waals surface area contributed by atoms with Crippen molar-refractivity contribution in [3.05, 3.63) is 0 Å². The molecule has 0 bridgehead atoms. The first kappa shape index (κ1) is 30.1. The van der Waals surface area contributed by atoms with Gasteiger partial charge in [-0.05, 0) is 0 Å². The van der Waals surface area contributed by atoms with Crippen LogP contribution in [0, 0.1) is 0 Å². The SMILES string of the molecule is O=S(=O)([O-])[O-].OCCO.OCCO.[Na+].[Na+]. The summed E-state index contributed by atoms with van der Waals surface area (Å²) in [5, 5.41) is 30.5. The third-order valence-corrected chi connectivity index (χ3v) is 0.200. The predicted octanol–water partition coefficient (Wildman–Crippen LogP) is -9.39. The summed E-state index contributed by atoms with van der Waals surface area (Å²) in [7, 11) is -5.17. The van der Waals surface area contributed by atoms with Gasteiger partial charge in [-0.2, -0.15) is 0 Å². The standard InChI is InChI=1S/2C2H6O2.2Na.H2O4S/c2*3-1-2-4;;;1-5(2,3)4/h2*3-4H,1-2H2;;;(H2,1,2,3,4)/q;;2*+1;/p-2. The van der Waals surface area contributed by atoms with Gasteiger partial charge in [0, 0.05) is 10.4 Å². The molecule has 11 heteroatoms. The van der Waals surface area contributed by atoms with Gasteiger partial charge in [-0.15, -0.1) is 0 Å². The maximum absolute atomic E-state index is 8.52. The van der Waals surface area contributed by atoms with E-state index < -0.39 is 10.4 Å². The van der Waals surface area contributed by atoms with E-state index in [2.05, 4.69) is 0 Å². The topological polar surface area (TPSA) is 161 Å². The minimum atomic E-state index is -5.17. The van der Waals surface area contributed by atoms with Crippen molar-refractivity contribution in [3.63, 3.8) is 0 Å². The van der Waals surface area contributed by atoms with E-state index in [0.717, 1.165) is 0 Å². The van der Waals surface area contributed by atoms with E-state index >= 15 is 0 Å². The molecule has 0 aliphatic heterocycles. The largest absolute Gasteiger partial charge is 1.00 e. The van der Waals surface area contributed by atoms with Gasteiger partial charge in [0.1, 0.15) is 0 Å². The summed E-state index contributed by atoms with van der Waals surface area (Å²) in [4.78, 5) is 0. The molecular weight excluding hydrogens is 254 g/mol. The molecule has 4 N–H and O–H groups in total. The fraction of sp³-hybridized carbons (Fsp3) is 1.00. The van der Waals surface area contributed by atoms with Crippen molar-refractivity contribution in [2.24, 2.45) is 0 Å². The number of hydrogen-bond acceptors (Lipinski definition) is 8. The van der Waals surface area contributed by atoms with Crippen LogP contribution in [0.3, 0.4) is 0 Å². The van der Waals surface area contributed by atoms with Crippen LogP contribution in [0.5, 0.6) is 0 Å². The number of hydrogen-bond donors (Lipinski definition) is 4. The Hall–Kier alpha value is 1.71. The first-order valence-electron chi connectivity index (χ1n) is 2.93. The number of rotatable bonds is 2. The van der Waals surface area contributed by atoms with Crippen molar-refractivity contribution < 1.29 is 97.1 Å². The summed E-state index contributed by atoms with van der Waals surface area (Å²) in [6.07, 6.45) is 0. The Kier molecular flexibility index (Phi) is 49.7. The van der Waals surface area contributed by atoms with Crippen molar-refractivity contribution in [2.45, 2.75) is 0 Å². The van der Waals surface area contributed by atoms with Crippen molar-refractivity contribution in [1.29, 1.82) is 0 Å². The molecule has 0 aromatic heterocycles. The molecule has 0 atom stereocenters. The van der Waals surface area contributed by atoms with Crippen LogP contribution < -0.4 is 59.1 Å². The van der Waals surface area contributed by atoms with E-state index in [-0.39, 0.29) is 85.5 Å². The molecule has 0 fully saturated rings. The average molecular weight is 266 g/mol. The van der Waals surface area contributed by atoms with E-state index in [0.29, 0.717) is 0 Å². The third kappa shape index (κ3) is 215. The van der Waals surface area contributed by atoms with Gasteiger partial charge in [0.25, 0.3) is 0 Å². The second kappa shape index (κ2) is 24.8. The minimum absolute atomic E-state index is 0. The van der Waals surface area contributed by atoms with Gasteiger partial charge in [-0.1, -0.05) is 0 Å². The molecule has 0 aliphatic rings. The molecule has 0 saturated heterocycles. The van der Waals surface area contributed by atoms with Crippen molar-refractivity contribution in [2.75, 3.05) is 26.4 Å². The van der Waals surface area contributed by atoms with Gasteiger partial charge in [-0.3, -0.25) is 8.42 Å². The van der Waals surface area contributed by atoms with Crippen LogP contribution in [-0.2, 0) is 10.4 Å². The summed E-state index contributed by atoms with van der Waals surface area (Å²) in [5.41, 5.74) is 0. The summed E-state index contributed by atoms with van der Waals surface area (Å²) < 4.78 is 34.1. The molecule has 0 unspecified atom stereocenters. The third-order valence-electron chi connectivity index (χ3n) is 0.200. The van der Waals surface area contributed by atoms with E-state index in [9.17, 15) is 0 Å². The molecule has 8 nitrogen and oxygen atoms in total. The number of aliphatic hydroxyl groups is 4. The summed E-state index contributed by atoms with van der Waals surface area (Å²) >= 11 is 0. The molecule has 0 radical (unpaired) electrons. The molecule has 0 aliphatic carbocycles. The second-order valence-corrected chi connectivity index (χ2v) is 2.12. The fourth-order valence-corrected chi connectivity index (χ4v) is 0. The van der Waals surface area contributed by atoms with Crippen LogP contribution in [0.25, 0.3) is 0 Å². The van der Waals surface area contributed by atoms with E-state index in [1.165, 1.54) is 0 Å². The quantitative estimate of drug-likeness (QED) is 0.217. The van der Waals surface area contributed by atoms with E-state index in [4.69, 9.17) is 37.9 Å². The van der Waals surface area contributed by atoms with Crippen molar-refractivity contribution >= 4 is 10.4 Å². The van der Waals surface area contributed by atoms with Gasteiger partial charge < -0.3 is 29.5 Å². The zero-order valence-electron chi connectivity index (χ0n) is 8.66. The minimum Gasteiger partial charge on any atom is -0.759 e. The first-order valence-corrected chi connectivity index (χ1v) is 4.26. The second-order valence-electron chi connectivity index (χ2n) is 1.30. The zero-order valence-corrected chi connectivity index (χ0v) is 13.5. The normalized spacial score (nSPS) is 7.87. The maximum atomic E-state index is 8.52. The Labute approximate surface area is 132 Å². The van der Waals surface area contributed by atoms with E-state index in [1.807, 2.05) is 0 Å². The monoisotopic (exact) mass is 266 g/mol. The Morgan fingerprint density at radius 3 is 0.800 bits per heavy atom. The van der Waals surface area contributed by atoms with Crippen molar-refractivity contribution in [1.82, 2.24) is 0 Å². The average Bonchev–Trinajstić information content (AvgIpc) is 2.01. The van der Waals surface area contributed by atoms with Crippen LogP contribution in [0.2, 0.25) is 0 Å². The Morgan fingerprint density at radius 1 is 0.733 bits per heavy atom. The molecule has 0 aromatic rings. The van der Waals surface area contributed by atoms with Crippen LogP contribution >= 0.6 is 0 Å². The van der Waals surface area contributed by atoms with Crippen LogP contribution in [0.1, 0.15) is 0 Å². The first-order chi connectivity index (χ1) is 5.83. The van der Waals surface area contributed by atoms with Gasteiger partial charge in [0.2, 0.25) is 0 Å². The maximum Gasteiger partial charge on any atom is 1.00 e. The molecule has 0 amide bonds. The van der Waals surface area contributed by atoms with Gasteiger partial charge in [0.15, 0.2) is 0 Å². The summed E-state index contributed by atoms with van der Waals surface area (Å²) in [6, 6.07) is 0. The summed E-state index contributed by atoms with van der Waals surface area (Å²) in [5.74, 6) is 0. The smallest absolute Gasteiger partial charge is 0.759 e.